The molecule has 7 nitrogen and oxygen atoms in total. The molecule has 0 bridgehead atoms. The first-order chi connectivity index (χ1) is 14.6. The number of piperazine rings is 1. The summed E-state index contributed by atoms with van der Waals surface area (Å²) < 4.78 is 9.70. The van der Waals surface area contributed by atoms with Crippen LogP contribution in [0.3, 0.4) is 0 Å². The average molecular weight is 408 g/mol. The number of rotatable bonds is 6. The standard InChI is InChI=1S/C23H24N2O5/c1-29-23(28)19-10-7-18(8-11-19)9-12-22(27)30-17-21(26)25-15-13-24(14-16-25)20-5-3-2-4-6-20/h2-12H,13-17H2,1H3. The SMILES string of the molecule is COC(=O)c1ccc(C=CC(=O)OCC(=O)N2CCN(c3ccccc3)CC2)cc1. The molecule has 0 unspecified atom stereocenters. The summed E-state index contributed by atoms with van der Waals surface area (Å²) in [5.41, 5.74) is 2.29. The topological polar surface area (TPSA) is 76.2 Å². The molecule has 0 aromatic heterocycles. The molecule has 7 heteroatoms. The molecule has 2 aromatic rings. The van der Waals surface area contributed by atoms with E-state index in [2.05, 4.69) is 21.8 Å². The van der Waals surface area contributed by atoms with E-state index in [0.717, 1.165) is 24.3 Å². The van der Waals surface area contributed by atoms with Gasteiger partial charge < -0.3 is 19.3 Å². The Bertz CT molecular complexity index is 901. The van der Waals surface area contributed by atoms with E-state index >= 15 is 0 Å². The second-order valence-corrected chi connectivity index (χ2v) is 6.76. The van der Waals surface area contributed by atoms with Crippen molar-refractivity contribution in [3.8, 4) is 0 Å². The lowest BCUT2D eigenvalue weighted by molar-refractivity contribution is -0.148. The number of hydrogen-bond donors (Lipinski definition) is 0. The van der Waals surface area contributed by atoms with E-state index in [1.807, 2.05) is 18.2 Å². The first kappa shape index (κ1) is 21.1. The predicted octanol–water partition coefficient (Wildman–Crippen LogP) is 2.38. The maximum absolute atomic E-state index is 12.3. The van der Waals surface area contributed by atoms with Gasteiger partial charge in [-0.2, -0.15) is 0 Å². The van der Waals surface area contributed by atoms with Crippen LogP contribution >= 0.6 is 0 Å². The van der Waals surface area contributed by atoms with Crippen molar-refractivity contribution in [1.82, 2.24) is 4.90 Å². The molecule has 1 aliphatic rings. The first-order valence-corrected chi connectivity index (χ1v) is 9.68. The molecular formula is C23H24N2O5. The highest BCUT2D eigenvalue weighted by atomic mass is 16.5. The molecule has 1 saturated heterocycles. The number of ether oxygens (including phenoxy) is 2. The largest absolute Gasteiger partial charge is 0.465 e. The Hall–Kier alpha value is -3.61. The van der Waals surface area contributed by atoms with Gasteiger partial charge in [0.25, 0.3) is 5.91 Å². The number of amides is 1. The Labute approximate surface area is 175 Å². The molecule has 0 saturated carbocycles. The molecule has 0 aliphatic carbocycles. The minimum absolute atomic E-state index is 0.202. The van der Waals surface area contributed by atoms with Gasteiger partial charge in [-0.3, -0.25) is 4.79 Å². The smallest absolute Gasteiger partial charge is 0.337 e. The van der Waals surface area contributed by atoms with Gasteiger partial charge >= 0.3 is 11.9 Å². The average Bonchev–Trinajstić information content (AvgIpc) is 2.81. The summed E-state index contributed by atoms with van der Waals surface area (Å²) in [6.45, 7) is 2.38. The van der Waals surface area contributed by atoms with Crippen molar-refractivity contribution in [2.45, 2.75) is 0 Å². The van der Waals surface area contributed by atoms with Crippen LogP contribution in [0.25, 0.3) is 6.08 Å². The number of nitrogens with zero attached hydrogens (tertiary/aromatic N) is 2. The minimum Gasteiger partial charge on any atom is -0.465 e. The summed E-state index contributed by atoms with van der Waals surface area (Å²) in [7, 11) is 1.32. The van der Waals surface area contributed by atoms with Gasteiger partial charge in [-0.1, -0.05) is 30.3 Å². The third kappa shape index (κ3) is 5.70. The van der Waals surface area contributed by atoms with Gasteiger partial charge in [-0.15, -0.1) is 0 Å². The Morgan fingerprint density at radius 3 is 2.23 bits per heavy atom. The lowest BCUT2D eigenvalue weighted by atomic mass is 10.1. The van der Waals surface area contributed by atoms with Crippen molar-refractivity contribution in [1.29, 1.82) is 0 Å². The molecule has 1 heterocycles. The number of methoxy groups -OCH3 is 1. The normalized spacial score (nSPS) is 13.9. The number of benzene rings is 2. The monoisotopic (exact) mass is 408 g/mol. The maximum Gasteiger partial charge on any atom is 0.337 e. The fourth-order valence-electron chi connectivity index (χ4n) is 3.14. The van der Waals surface area contributed by atoms with Gasteiger partial charge in [0.2, 0.25) is 0 Å². The predicted molar refractivity (Wildman–Crippen MR) is 113 cm³/mol. The summed E-state index contributed by atoms with van der Waals surface area (Å²) in [4.78, 5) is 39.6. The molecule has 3 rings (SSSR count). The van der Waals surface area contributed by atoms with E-state index in [4.69, 9.17) is 4.74 Å². The highest BCUT2D eigenvalue weighted by molar-refractivity contribution is 5.91. The molecule has 0 spiro atoms. The van der Waals surface area contributed by atoms with Crippen LogP contribution in [-0.4, -0.2) is 62.6 Å². The van der Waals surface area contributed by atoms with Crippen LogP contribution in [0, 0.1) is 0 Å². The summed E-state index contributed by atoms with van der Waals surface area (Å²) >= 11 is 0. The second-order valence-electron chi connectivity index (χ2n) is 6.76. The van der Waals surface area contributed by atoms with Gasteiger partial charge in [0.05, 0.1) is 12.7 Å². The van der Waals surface area contributed by atoms with E-state index in [0.29, 0.717) is 18.7 Å². The zero-order valence-electron chi connectivity index (χ0n) is 16.8. The van der Waals surface area contributed by atoms with E-state index in [9.17, 15) is 14.4 Å². The van der Waals surface area contributed by atoms with Crippen LogP contribution in [0.5, 0.6) is 0 Å². The van der Waals surface area contributed by atoms with Crippen molar-refractivity contribution >= 4 is 29.6 Å². The van der Waals surface area contributed by atoms with E-state index in [-0.39, 0.29) is 12.5 Å². The van der Waals surface area contributed by atoms with E-state index in [1.165, 1.54) is 13.2 Å². The zero-order valence-corrected chi connectivity index (χ0v) is 16.8. The molecule has 0 radical (unpaired) electrons. The van der Waals surface area contributed by atoms with E-state index < -0.39 is 11.9 Å². The number of carbonyl (C=O) groups is 3. The van der Waals surface area contributed by atoms with Gasteiger partial charge in [-0.25, -0.2) is 9.59 Å². The number of carbonyl (C=O) groups excluding carboxylic acids is 3. The molecule has 1 aliphatic heterocycles. The van der Waals surface area contributed by atoms with Crippen molar-refractivity contribution in [3.05, 3.63) is 71.8 Å². The minimum atomic E-state index is -0.594. The molecule has 1 fully saturated rings. The van der Waals surface area contributed by atoms with Gasteiger partial charge in [0, 0.05) is 37.9 Å². The summed E-state index contributed by atoms with van der Waals surface area (Å²) in [6, 6.07) is 16.7. The lowest BCUT2D eigenvalue weighted by Gasteiger charge is -2.36. The molecule has 0 atom stereocenters. The van der Waals surface area contributed by atoms with Crippen LogP contribution in [-0.2, 0) is 19.1 Å². The highest BCUT2D eigenvalue weighted by Crippen LogP contribution is 2.15. The third-order valence-corrected chi connectivity index (χ3v) is 4.84. The molecule has 30 heavy (non-hydrogen) atoms. The molecule has 2 aromatic carbocycles. The maximum atomic E-state index is 12.3. The molecule has 156 valence electrons. The Balaban J connectivity index is 1.42. The quantitative estimate of drug-likeness (QED) is 0.540. The summed E-state index contributed by atoms with van der Waals surface area (Å²) in [5.74, 6) is -1.22. The second kappa shape index (κ2) is 10.2. The fourth-order valence-corrected chi connectivity index (χ4v) is 3.14. The molecule has 1 amide bonds. The Kier molecular flexibility index (Phi) is 7.21. The lowest BCUT2D eigenvalue weighted by Crippen LogP contribution is -2.49. The van der Waals surface area contributed by atoms with Crippen LogP contribution in [0.15, 0.2) is 60.7 Å². The van der Waals surface area contributed by atoms with Crippen molar-refractivity contribution in [3.63, 3.8) is 0 Å². The first-order valence-electron chi connectivity index (χ1n) is 9.68. The number of esters is 2. The van der Waals surface area contributed by atoms with Crippen LogP contribution in [0.1, 0.15) is 15.9 Å². The molecular weight excluding hydrogens is 384 g/mol. The number of hydrogen-bond acceptors (Lipinski definition) is 6. The summed E-state index contributed by atoms with van der Waals surface area (Å²) in [5, 5.41) is 0. The molecule has 0 N–H and O–H groups in total. The Morgan fingerprint density at radius 1 is 0.933 bits per heavy atom. The van der Waals surface area contributed by atoms with Crippen LogP contribution < -0.4 is 4.90 Å². The zero-order chi connectivity index (χ0) is 21.3. The summed E-state index contributed by atoms with van der Waals surface area (Å²) in [6.07, 6.45) is 2.82. The third-order valence-electron chi connectivity index (χ3n) is 4.84. The van der Waals surface area contributed by atoms with Crippen LogP contribution in [0.2, 0.25) is 0 Å². The van der Waals surface area contributed by atoms with Crippen molar-refractivity contribution in [2.75, 3.05) is 44.8 Å². The van der Waals surface area contributed by atoms with Crippen molar-refractivity contribution < 1.29 is 23.9 Å². The number of para-hydroxylation sites is 1. The van der Waals surface area contributed by atoms with E-state index in [1.54, 1.807) is 35.2 Å². The Morgan fingerprint density at radius 2 is 1.60 bits per heavy atom. The van der Waals surface area contributed by atoms with Crippen LogP contribution in [0.4, 0.5) is 5.69 Å². The van der Waals surface area contributed by atoms with Gasteiger partial charge in [-0.05, 0) is 35.9 Å². The fraction of sp³-hybridized carbons (Fsp3) is 0.261. The van der Waals surface area contributed by atoms with Crippen molar-refractivity contribution in [2.24, 2.45) is 0 Å². The number of anilines is 1. The van der Waals surface area contributed by atoms with Gasteiger partial charge in [0.15, 0.2) is 6.61 Å². The highest BCUT2D eigenvalue weighted by Gasteiger charge is 2.21. The van der Waals surface area contributed by atoms with Gasteiger partial charge in [0.1, 0.15) is 0 Å².